The number of hydrogen-bond acceptors (Lipinski definition) is 3. The molecule has 0 aliphatic carbocycles. The molecule has 12 heavy (non-hydrogen) atoms. The molecular formula is C9H21N3. The number of nitrogens with one attached hydrogen (secondary N) is 2. The topological polar surface area (TPSA) is 27.3 Å². The summed E-state index contributed by atoms with van der Waals surface area (Å²) in [5.41, 5.74) is 0. The van der Waals surface area contributed by atoms with Gasteiger partial charge in [-0.3, -0.25) is 4.90 Å². The molecule has 0 unspecified atom stereocenters. The maximum absolute atomic E-state index is 3.44. The maximum Gasteiger partial charge on any atom is 0.0345 e. The van der Waals surface area contributed by atoms with Crippen molar-refractivity contribution in [2.45, 2.75) is 19.9 Å². The lowest BCUT2D eigenvalue weighted by Gasteiger charge is -2.28. The van der Waals surface area contributed by atoms with E-state index < -0.39 is 0 Å². The Morgan fingerprint density at radius 2 is 1.58 bits per heavy atom. The van der Waals surface area contributed by atoms with Crippen LogP contribution in [0.15, 0.2) is 0 Å². The van der Waals surface area contributed by atoms with E-state index in [4.69, 9.17) is 0 Å². The fourth-order valence-corrected chi connectivity index (χ4v) is 1.78. The van der Waals surface area contributed by atoms with Crippen LogP contribution in [-0.4, -0.2) is 50.2 Å². The van der Waals surface area contributed by atoms with Crippen molar-refractivity contribution in [2.75, 3.05) is 39.3 Å². The number of hydrogen-bond donors (Lipinski definition) is 2. The average Bonchev–Trinajstić information content (AvgIpc) is 2.35. The van der Waals surface area contributed by atoms with E-state index in [0.717, 1.165) is 39.3 Å². The van der Waals surface area contributed by atoms with Crippen molar-refractivity contribution in [3.05, 3.63) is 0 Å². The molecule has 0 atom stereocenters. The largest absolute Gasteiger partial charge is 0.314 e. The van der Waals surface area contributed by atoms with Crippen molar-refractivity contribution < 1.29 is 0 Å². The zero-order valence-electron chi connectivity index (χ0n) is 8.27. The lowest BCUT2D eigenvalue weighted by molar-refractivity contribution is 0.216. The summed E-state index contributed by atoms with van der Waals surface area (Å²) < 4.78 is 0. The van der Waals surface area contributed by atoms with Crippen molar-refractivity contribution in [1.82, 2.24) is 15.5 Å². The van der Waals surface area contributed by atoms with Crippen LogP contribution in [0.3, 0.4) is 0 Å². The molecule has 0 aromatic rings. The number of nitrogens with zero attached hydrogens (tertiary/aromatic N) is 1. The second-order valence-electron chi connectivity index (χ2n) is 3.28. The van der Waals surface area contributed by atoms with Crippen LogP contribution in [0.2, 0.25) is 0 Å². The predicted molar refractivity (Wildman–Crippen MR) is 52.4 cm³/mol. The minimum atomic E-state index is 0.683. The van der Waals surface area contributed by atoms with Crippen LogP contribution < -0.4 is 10.6 Å². The summed E-state index contributed by atoms with van der Waals surface area (Å²) in [5, 5.41) is 6.88. The molecular weight excluding hydrogens is 150 g/mol. The minimum absolute atomic E-state index is 0.683. The predicted octanol–water partition coefficient (Wildman–Crippen LogP) is -0.110. The van der Waals surface area contributed by atoms with Gasteiger partial charge in [0.1, 0.15) is 0 Å². The van der Waals surface area contributed by atoms with Gasteiger partial charge in [0.05, 0.1) is 0 Å². The van der Waals surface area contributed by atoms with Crippen LogP contribution in [0.5, 0.6) is 0 Å². The van der Waals surface area contributed by atoms with E-state index in [1.807, 2.05) is 0 Å². The summed E-state index contributed by atoms with van der Waals surface area (Å²) in [5.74, 6) is 0. The Kier molecular flexibility index (Phi) is 4.58. The van der Waals surface area contributed by atoms with Crippen molar-refractivity contribution in [3.8, 4) is 0 Å². The van der Waals surface area contributed by atoms with E-state index in [0.29, 0.717) is 6.04 Å². The van der Waals surface area contributed by atoms with Gasteiger partial charge >= 0.3 is 0 Å². The normalized spacial score (nSPS) is 21.2. The number of likely N-dealkylation sites (N-methyl/N-ethyl adjacent to an activating group) is 1. The molecule has 0 aromatic heterocycles. The molecule has 0 aromatic carbocycles. The first-order valence-corrected chi connectivity index (χ1v) is 5.04. The van der Waals surface area contributed by atoms with E-state index >= 15 is 0 Å². The molecule has 0 radical (unpaired) electrons. The van der Waals surface area contributed by atoms with Crippen LogP contribution >= 0.6 is 0 Å². The van der Waals surface area contributed by atoms with E-state index in [2.05, 4.69) is 29.4 Å². The van der Waals surface area contributed by atoms with Crippen molar-refractivity contribution in [3.63, 3.8) is 0 Å². The third-order valence-corrected chi connectivity index (χ3v) is 2.57. The molecule has 1 heterocycles. The van der Waals surface area contributed by atoms with Crippen LogP contribution in [-0.2, 0) is 0 Å². The Morgan fingerprint density at radius 1 is 1.08 bits per heavy atom. The summed E-state index contributed by atoms with van der Waals surface area (Å²) in [6.45, 7) is 11.3. The SMILES string of the molecule is CCN(CC)C1CNCCNC1. The summed E-state index contributed by atoms with van der Waals surface area (Å²) in [7, 11) is 0. The highest BCUT2D eigenvalue weighted by molar-refractivity contribution is 4.78. The van der Waals surface area contributed by atoms with Gasteiger partial charge in [0.2, 0.25) is 0 Å². The van der Waals surface area contributed by atoms with Gasteiger partial charge in [0.15, 0.2) is 0 Å². The highest BCUT2D eigenvalue weighted by Gasteiger charge is 2.16. The Balaban J connectivity index is 2.35. The molecule has 1 aliphatic rings. The minimum Gasteiger partial charge on any atom is -0.314 e. The Labute approximate surface area is 75.5 Å². The molecule has 0 spiro atoms. The Bertz CT molecular complexity index is 104. The van der Waals surface area contributed by atoms with Gasteiger partial charge in [-0.05, 0) is 13.1 Å². The van der Waals surface area contributed by atoms with Crippen LogP contribution in [0.1, 0.15) is 13.8 Å². The van der Waals surface area contributed by atoms with E-state index in [1.165, 1.54) is 0 Å². The Hall–Kier alpha value is -0.120. The molecule has 1 aliphatic heterocycles. The summed E-state index contributed by atoms with van der Waals surface area (Å²) in [6, 6.07) is 0.683. The summed E-state index contributed by atoms with van der Waals surface area (Å²) in [4.78, 5) is 2.51. The molecule has 1 rings (SSSR count). The van der Waals surface area contributed by atoms with Crippen LogP contribution in [0.4, 0.5) is 0 Å². The molecule has 3 nitrogen and oxygen atoms in total. The second-order valence-corrected chi connectivity index (χ2v) is 3.28. The van der Waals surface area contributed by atoms with Gasteiger partial charge in [-0.1, -0.05) is 13.8 Å². The average molecular weight is 171 g/mol. The highest BCUT2D eigenvalue weighted by Crippen LogP contribution is 1.98. The van der Waals surface area contributed by atoms with Gasteiger partial charge in [-0.25, -0.2) is 0 Å². The zero-order chi connectivity index (χ0) is 8.81. The third-order valence-electron chi connectivity index (χ3n) is 2.57. The molecule has 72 valence electrons. The van der Waals surface area contributed by atoms with Crippen molar-refractivity contribution in [1.29, 1.82) is 0 Å². The first-order chi connectivity index (χ1) is 5.88. The molecule has 2 N–H and O–H groups in total. The van der Waals surface area contributed by atoms with Gasteiger partial charge in [0, 0.05) is 32.2 Å². The van der Waals surface area contributed by atoms with Gasteiger partial charge in [-0.15, -0.1) is 0 Å². The summed E-state index contributed by atoms with van der Waals surface area (Å²) >= 11 is 0. The first kappa shape index (κ1) is 9.96. The fourth-order valence-electron chi connectivity index (χ4n) is 1.78. The standard InChI is InChI=1S/C9H21N3/c1-3-12(4-2)9-7-10-5-6-11-8-9/h9-11H,3-8H2,1-2H3. The maximum atomic E-state index is 3.44. The molecule has 0 bridgehead atoms. The first-order valence-electron chi connectivity index (χ1n) is 5.04. The van der Waals surface area contributed by atoms with Crippen molar-refractivity contribution >= 4 is 0 Å². The molecule has 0 saturated carbocycles. The van der Waals surface area contributed by atoms with Crippen LogP contribution in [0, 0.1) is 0 Å². The van der Waals surface area contributed by atoms with Gasteiger partial charge < -0.3 is 10.6 Å². The van der Waals surface area contributed by atoms with E-state index in [1.54, 1.807) is 0 Å². The third kappa shape index (κ3) is 2.73. The molecule has 3 heteroatoms. The monoisotopic (exact) mass is 171 g/mol. The van der Waals surface area contributed by atoms with E-state index in [9.17, 15) is 0 Å². The smallest absolute Gasteiger partial charge is 0.0345 e. The lowest BCUT2D eigenvalue weighted by Crippen LogP contribution is -2.45. The van der Waals surface area contributed by atoms with Crippen LogP contribution in [0.25, 0.3) is 0 Å². The lowest BCUT2D eigenvalue weighted by atomic mass is 10.2. The highest BCUT2D eigenvalue weighted by atomic mass is 15.2. The van der Waals surface area contributed by atoms with Gasteiger partial charge in [0.25, 0.3) is 0 Å². The van der Waals surface area contributed by atoms with Crippen molar-refractivity contribution in [2.24, 2.45) is 0 Å². The second kappa shape index (κ2) is 5.51. The van der Waals surface area contributed by atoms with E-state index in [-0.39, 0.29) is 0 Å². The fraction of sp³-hybridized carbons (Fsp3) is 1.00. The summed E-state index contributed by atoms with van der Waals surface area (Å²) in [6.07, 6.45) is 0. The quantitative estimate of drug-likeness (QED) is 0.620. The number of rotatable bonds is 3. The Morgan fingerprint density at radius 3 is 2.00 bits per heavy atom. The molecule has 1 fully saturated rings. The zero-order valence-corrected chi connectivity index (χ0v) is 8.27. The van der Waals surface area contributed by atoms with Gasteiger partial charge in [-0.2, -0.15) is 0 Å². The molecule has 0 amide bonds. The molecule has 1 saturated heterocycles.